The summed E-state index contributed by atoms with van der Waals surface area (Å²) in [6.45, 7) is 7.72. The van der Waals surface area contributed by atoms with Crippen LogP contribution in [-0.2, 0) is 30.6 Å². The lowest BCUT2D eigenvalue weighted by atomic mass is 9.95. The molecule has 0 bridgehead atoms. The van der Waals surface area contributed by atoms with Crippen LogP contribution in [0.3, 0.4) is 0 Å². The number of ether oxygens (including phenoxy) is 1. The van der Waals surface area contributed by atoms with Gasteiger partial charge in [0.1, 0.15) is 12.6 Å². The van der Waals surface area contributed by atoms with Gasteiger partial charge in [-0.05, 0) is 30.2 Å². The predicted octanol–water partition coefficient (Wildman–Crippen LogP) is 2.87. The highest BCUT2D eigenvalue weighted by Gasteiger charge is 2.53. The molecule has 2 saturated heterocycles. The van der Waals surface area contributed by atoms with Crippen LogP contribution in [0.4, 0.5) is 4.79 Å². The number of piperazine rings is 1. The van der Waals surface area contributed by atoms with Gasteiger partial charge in [-0.25, -0.2) is 4.79 Å². The largest absolute Gasteiger partial charge is 0.481 e. The number of hydrogen-bond acceptors (Lipinski definition) is 6. The van der Waals surface area contributed by atoms with Crippen LogP contribution in [0.5, 0.6) is 0 Å². The summed E-state index contributed by atoms with van der Waals surface area (Å²) < 4.78 is 5.51. The average Bonchev–Trinajstić information content (AvgIpc) is 2.79. The molecule has 1 aromatic rings. The van der Waals surface area contributed by atoms with Crippen molar-refractivity contribution in [3.8, 4) is 0 Å². The lowest BCUT2D eigenvalue weighted by molar-refractivity contribution is -0.269. The molecule has 35 heavy (non-hydrogen) atoms. The number of carbonyl (C=O) groups is 4. The minimum atomic E-state index is -1.03. The highest BCUT2D eigenvalue weighted by atomic mass is 16.7. The van der Waals surface area contributed by atoms with Gasteiger partial charge in [0.2, 0.25) is 5.91 Å². The zero-order valence-corrected chi connectivity index (χ0v) is 20.8. The van der Waals surface area contributed by atoms with Crippen LogP contribution >= 0.6 is 0 Å². The molecule has 0 spiro atoms. The summed E-state index contributed by atoms with van der Waals surface area (Å²) in [5.41, 5.74) is 0.795. The molecule has 3 rings (SSSR count). The van der Waals surface area contributed by atoms with Crippen molar-refractivity contribution in [1.29, 1.82) is 0 Å². The number of carbonyl (C=O) groups excluding carboxylic acids is 3. The van der Waals surface area contributed by atoms with Gasteiger partial charge in [-0.15, -0.1) is 0 Å². The summed E-state index contributed by atoms with van der Waals surface area (Å²) in [4.78, 5) is 60.0. The van der Waals surface area contributed by atoms with Crippen LogP contribution in [0.2, 0.25) is 0 Å². The molecule has 1 unspecified atom stereocenters. The van der Waals surface area contributed by atoms with Crippen LogP contribution in [0, 0.1) is 11.8 Å². The normalized spacial score (nSPS) is 22.6. The fourth-order valence-electron chi connectivity index (χ4n) is 4.43. The van der Waals surface area contributed by atoms with Gasteiger partial charge in [0, 0.05) is 6.54 Å². The fraction of sp³-hybridized carbons (Fsp3) is 0.600. The predicted molar refractivity (Wildman–Crippen MR) is 126 cm³/mol. The van der Waals surface area contributed by atoms with E-state index in [9.17, 15) is 19.2 Å². The topological polar surface area (TPSA) is 117 Å². The fourth-order valence-corrected chi connectivity index (χ4v) is 4.43. The maximum Gasteiger partial charge on any atom is 0.436 e. The number of nitrogens with zero attached hydrogens (tertiary/aromatic N) is 3. The Labute approximate surface area is 205 Å². The monoisotopic (exact) mass is 489 g/mol. The van der Waals surface area contributed by atoms with Gasteiger partial charge in [0.05, 0.1) is 13.0 Å². The second-order valence-corrected chi connectivity index (χ2v) is 9.89. The second-order valence-electron chi connectivity index (χ2n) is 9.89. The number of benzene rings is 1. The van der Waals surface area contributed by atoms with E-state index in [4.69, 9.17) is 14.7 Å². The molecule has 1 N–H and O–H groups in total. The first-order valence-electron chi connectivity index (χ1n) is 12.1. The number of hydrogen-bond donors (Lipinski definition) is 1. The van der Waals surface area contributed by atoms with Crippen molar-refractivity contribution >= 4 is 23.9 Å². The zero-order valence-electron chi connectivity index (χ0n) is 20.8. The molecule has 10 heteroatoms. The van der Waals surface area contributed by atoms with E-state index in [-0.39, 0.29) is 49.8 Å². The molecule has 10 nitrogen and oxygen atoms in total. The zero-order chi connectivity index (χ0) is 25.7. The second kappa shape index (κ2) is 11.5. The first-order valence-corrected chi connectivity index (χ1v) is 12.1. The Morgan fingerprint density at radius 2 is 1.71 bits per heavy atom. The van der Waals surface area contributed by atoms with Crippen molar-refractivity contribution in [2.75, 3.05) is 13.1 Å². The van der Waals surface area contributed by atoms with Gasteiger partial charge < -0.3 is 19.6 Å². The van der Waals surface area contributed by atoms with Crippen molar-refractivity contribution in [3.63, 3.8) is 0 Å². The molecule has 2 fully saturated rings. The van der Waals surface area contributed by atoms with Crippen LogP contribution < -0.4 is 0 Å². The van der Waals surface area contributed by atoms with E-state index in [1.165, 1.54) is 9.80 Å². The number of hydroxylamine groups is 2. The summed E-state index contributed by atoms with van der Waals surface area (Å²) in [5.74, 6) is -1.49. The molecule has 0 aliphatic carbocycles. The summed E-state index contributed by atoms with van der Waals surface area (Å²) in [6, 6.07) is 8.37. The van der Waals surface area contributed by atoms with Gasteiger partial charge in [-0.3, -0.25) is 19.2 Å². The standard InChI is InChI=1S/C25H35N3O7/c1-16(2)12-19-23(31)26(11-10-22(29)30)14-21-27(19)24(32)20(13-17(3)4)35-28(21)25(33)34-15-18-8-6-5-7-9-18/h5-9,16-17,19-21H,10-15H2,1-4H3,(H,29,30)/t19-,20+,21?/m0/s1. The van der Waals surface area contributed by atoms with Crippen LogP contribution in [0.25, 0.3) is 0 Å². The molecular formula is C25H35N3O7. The number of amides is 3. The number of aliphatic carboxylic acids is 1. The molecule has 2 aliphatic heterocycles. The SMILES string of the molecule is CC(C)C[C@H]1ON(C(=O)OCc2ccccc2)C2CN(CCC(=O)O)C(=O)[C@H](CC(C)C)N2C1=O. The van der Waals surface area contributed by atoms with Gasteiger partial charge in [-0.1, -0.05) is 58.0 Å². The van der Waals surface area contributed by atoms with E-state index < -0.39 is 30.4 Å². The summed E-state index contributed by atoms with van der Waals surface area (Å²) >= 11 is 0. The molecule has 192 valence electrons. The third kappa shape index (κ3) is 6.50. The average molecular weight is 490 g/mol. The third-order valence-electron chi connectivity index (χ3n) is 6.04. The molecule has 0 aromatic heterocycles. The van der Waals surface area contributed by atoms with Gasteiger partial charge in [0.25, 0.3) is 5.91 Å². The number of carboxylic acids is 1. The quantitative estimate of drug-likeness (QED) is 0.567. The van der Waals surface area contributed by atoms with E-state index >= 15 is 0 Å². The van der Waals surface area contributed by atoms with Crippen molar-refractivity contribution in [1.82, 2.24) is 14.9 Å². The first kappa shape index (κ1) is 26.5. The Hall–Kier alpha value is -3.14. The highest BCUT2D eigenvalue weighted by molar-refractivity contribution is 5.92. The van der Waals surface area contributed by atoms with Crippen LogP contribution in [-0.4, -0.2) is 75.2 Å². The first-order chi connectivity index (χ1) is 16.6. The molecule has 3 amide bonds. The Bertz CT molecular complexity index is 921. The molecule has 2 aliphatic rings. The van der Waals surface area contributed by atoms with Crippen molar-refractivity contribution < 1.29 is 33.9 Å². The van der Waals surface area contributed by atoms with Crippen LogP contribution in [0.15, 0.2) is 30.3 Å². The maximum atomic E-state index is 13.5. The molecule has 1 aromatic carbocycles. The lowest BCUT2D eigenvalue weighted by Crippen LogP contribution is -2.73. The Morgan fingerprint density at radius 3 is 2.31 bits per heavy atom. The Morgan fingerprint density at radius 1 is 1.06 bits per heavy atom. The Kier molecular flexibility index (Phi) is 8.71. The molecule has 0 saturated carbocycles. The minimum absolute atomic E-state index is 0.0200. The highest BCUT2D eigenvalue weighted by Crippen LogP contribution is 2.32. The van der Waals surface area contributed by atoms with Crippen molar-refractivity contribution in [2.45, 2.75) is 71.9 Å². The number of rotatable bonds is 9. The number of carboxylic acid groups (broad SMARTS) is 1. The summed E-state index contributed by atoms with van der Waals surface area (Å²) in [5, 5.41) is 10.2. The molecule has 0 radical (unpaired) electrons. The van der Waals surface area contributed by atoms with E-state index in [1.807, 2.05) is 58.0 Å². The maximum absolute atomic E-state index is 13.5. The van der Waals surface area contributed by atoms with E-state index in [0.717, 1.165) is 10.6 Å². The van der Waals surface area contributed by atoms with Gasteiger partial charge >= 0.3 is 12.1 Å². The van der Waals surface area contributed by atoms with E-state index in [1.54, 1.807) is 0 Å². The van der Waals surface area contributed by atoms with Crippen molar-refractivity contribution in [3.05, 3.63) is 35.9 Å². The third-order valence-corrected chi connectivity index (χ3v) is 6.04. The lowest BCUT2D eigenvalue weighted by Gasteiger charge is -2.53. The minimum Gasteiger partial charge on any atom is -0.481 e. The summed E-state index contributed by atoms with van der Waals surface area (Å²) in [7, 11) is 0. The van der Waals surface area contributed by atoms with E-state index in [0.29, 0.717) is 12.8 Å². The van der Waals surface area contributed by atoms with Gasteiger partial charge in [0.15, 0.2) is 12.3 Å². The van der Waals surface area contributed by atoms with E-state index in [2.05, 4.69) is 0 Å². The molecule has 3 atom stereocenters. The molecule has 2 heterocycles. The number of fused-ring (bicyclic) bond motifs is 1. The Balaban J connectivity index is 1.91. The van der Waals surface area contributed by atoms with Crippen LogP contribution in [0.1, 0.15) is 52.5 Å². The summed E-state index contributed by atoms with van der Waals surface area (Å²) in [6.07, 6.45) is -2.09. The van der Waals surface area contributed by atoms with Gasteiger partial charge in [-0.2, -0.15) is 5.06 Å². The smallest absolute Gasteiger partial charge is 0.436 e. The molecular weight excluding hydrogens is 454 g/mol. The van der Waals surface area contributed by atoms with Crippen molar-refractivity contribution in [2.24, 2.45) is 11.8 Å².